The van der Waals surface area contributed by atoms with Gasteiger partial charge in [0.05, 0.1) is 12.1 Å². The number of hydrogen-bond donors (Lipinski definition) is 2. The Morgan fingerprint density at radius 3 is 3.00 bits per heavy atom. The molecule has 0 aliphatic carbocycles. The highest BCUT2D eigenvalue weighted by atomic mass is 32.1. The number of furan rings is 1. The Morgan fingerprint density at radius 2 is 2.26 bits per heavy atom. The van der Waals surface area contributed by atoms with E-state index in [0.717, 1.165) is 54.9 Å². The predicted molar refractivity (Wildman–Crippen MR) is 90.6 cm³/mol. The van der Waals surface area contributed by atoms with Crippen molar-refractivity contribution in [2.75, 3.05) is 39.3 Å². The van der Waals surface area contributed by atoms with E-state index < -0.39 is 0 Å². The third kappa shape index (κ3) is 4.63. The molecular weight excluding hydrogens is 312 g/mol. The summed E-state index contributed by atoms with van der Waals surface area (Å²) in [5, 5.41) is 9.03. The molecule has 0 bridgehead atoms. The van der Waals surface area contributed by atoms with Gasteiger partial charge in [-0.15, -0.1) is 11.3 Å². The lowest BCUT2D eigenvalue weighted by Crippen LogP contribution is -2.46. The Hall–Kier alpha value is -1.70. The first-order chi connectivity index (χ1) is 11.2. The normalized spacial score (nSPS) is 15.7. The third-order valence-electron chi connectivity index (χ3n) is 3.80. The molecule has 124 valence electrons. The van der Waals surface area contributed by atoms with Crippen LogP contribution in [-0.4, -0.2) is 55.1 Å². The van der Waals surface area contributed by atoms with Crippen molar-refractivity contribution >= 4 is 17.2 Å². The summed E-state index contributed by atoms with van der Waals surface area (Å²) in [5.41, 5.74) is 0.790. The fourth-order valence-electron chi connectivity index (χ4n) is 2.57. The van der Waals surface area contributed by atoms with E-state index in [-0.39, 0.29) is 5.91 Å². The molecule has 1 saturated heterocycles. The summed E-state index contributed by atoms with van der Waals surface area (Å²) >= 11 is 1.50. The summed E-state index contributed by atoms with van der Waals surface area (Å²) in [7, 11) is 0. The van der Waals surface area contributed by atoms with E-state index in [9.17, 15) is 4.79 Å². The lowest BCUT2D eigenvalue weighted by Gasteiger charge is -2.27. The minimum atomic E-state index is 0.0209. The Morgan fingerprint density at radius 1 is 1.43 bits per heavy atom. The van der Waals surface area contributed by atoms with Crippen molar-refractivity contribution in [3.05, 3.63) is 29.0 Å². The number of carbonyl (C=O) groups is 1. The monoisotopic (exact) mass is 334 g/mol. The fraction of sp³-hybridized carbons (Fsp3) is 0.500. The Bertz CT molecular complexity index is 646. The van der Waals surface area contributed by atoms with Gasteiger partial charge in [-0.05, 0) is 19.1 Å². The van der Waals surface area contributed by atoms with Gasteiger partial charge in [0.15, 0.2) is 10.8 Å². The topological polar surface area (TPSA) is 70.4 Å². The zero-order valence-corrected chi connectivity index (χ0v) is 14.1. The SMILES string of the molecule is Cc1ccc(-c2nc(CC(=O)NCCN3CCNCC3)cs2)o1. The van der Waals surface area contributed by atoms with E-state index in [1.54, 1.807) is 0 Å². The first-order valence-corrected chi connectivity index (χ1v) is 8.79. The van der Waals surface area contributed by atoms with Gasteiger partial charge >= 0.3 is 0 Å². The summed E-state index contributed by atoms with van der Waals surface area (Å²) < 4.78 is 5.56. The molecule has 0 unspecified atom stereocenters. The number of piperazine rings is 1. The molecule has 3 rings (SSSR count). The zero-order valence-electron chi connectivity index (χ0n) is 13.3. The van der Waals surface area contributed by atoms with Crippen LogP contribution in [0, 0.1) is 6.92 Å². The molecule has 2 aromatic heterocycles. The summed E-state index contributed by atoms with van der Waals surface area (Å²) in [6, 6.07) is 3.82. The van der Waals surface area contributed by atoms with Crippen LogP contribution in [-0.2, 0) is 11.2 Å². The number of nitrogens with one attached hydrogen (secondary N) is 2. The molecule has 0 saturated carbocycles. The Kier molecular flexibility index (Phi) is 5.43. The van der Waals surface area contributed by atoms with Gasteiger partial charge in [0, 0.05) is 44.6 Å². The molecule has 7 heteroatoms. The minimum absolute atomic E-state index is 0.0209. The maximum atomic E-state index is 12.0. The number of thiazole rings is 1. The lowest BCUT2D eigenvalue weighted by atomic mass is 10.3. The summed E-state index contributed by atoms with van der Waals surface area (Å²) in [5.74, 6) is 1.65. The van der Waals surface area contributed by atoms with E-state index in [1.807, 2.05) is 24.4 Å². The smallest absolute Gasteiger partial charge is 0.226 e. The summed E-state index contributed by atoms with van der Waals surface area (Å²) in [6.07, 6.45) is 0.317. The van der Waals surface area contributed by atoms with Crippen molar-refractivity contribution in [2.45, 2.75) is 13.3 Å². The van der Waals surface area contributed by atoms with E-state index in [0.29, 0.717) is 13.0 Å². The van der Waals surface area contributed by atoms with Gasteiger partial charge in [-0.2, -0.15) is 0 Å². The van der Waals surface area contributed by atoms with Crippen molar-refractivity contribution in [3.8, 4) is 10.8 Å². The standard InChI is InChI=1S/C16H22N4O2S/c1-12-2-3-14(22-12)16-19-13(11-23-16)10-15(21)18-6-9-20-7-4-17-5-8-20/h2-3,11,17H,4-10H2,1H3,(H,18,21). The van der Waals surface area contributed by atoms with Crippen LogP contribution in [0.3, 0.4) is 0 Å². The molecule has 1 aliphatic rings. The van der Waals surface area contributed by atoms with Crippen molar-refractivity contribution in [3.63, 3.8) is 0 Å². The average Bonchev–Trinajstić information content (AvgIpc) is 3.17. The third-order valence-corrected chi connectivity index (χ3v) is 4.71. The molecule has 1 fully saturated rings. The lowest BCUT2D eigenvalue weighted by molar-refractivity contribution is -0.120. The van der Waals surface area contributed by atoms with Crippen LogP contribution in [0.25, 0.3) is 10.8 Å². The minimum Gasteiger partial charge on any atom is -0.459 e. The highest BCUT2D eigenvalue weighted by Crippen LogP contribution is 2.25. The largest absolute Gasteiger partial charge is 0.459 e. The van der Waals surface area contributed by atoms with Crippen LogP contribution < -0.4 is 10.6 Å². The molecule has 0 atom stereocenters. The molecule has 2 aromatic rings. The van der Waals surface area contributed by atoms with Gasteiger partial charge in [-0.3, -0.25) is 9.69 Å². The molecule has 23 heavy (non-hydrogen) atoms. The Balaban J connectivity index is 1.43. The molecule has 0 aromatic carbocycles. The van der Waals surface area contributed by atoms with Crippen molar-refractivity contribution < 1.29 is 9.21 Å². The number of aromatic nitrogens is 1. The molecule has 2 N–H and O–H groups in total. The van der Waals surface area contributed by atoms with Crippen LogP contribution in [0.1, 0.15) is 11.5 Å². The number of hydrogen-bond acceptors (Lipinski definition) is 6. The maximum absolute atomic E-state index is 12.0. The summed E-state index contributed by atoms with van der Waals surface area (Å²) in [6.45, 7) is 7.66. The first kappa shape index (κ1) is 16.2. The van der Waals surface area contributed by atoms with Gasteiger partial charge in [0.25, 0.3) is 0 Å². The summed E-state index contributed by atoms with van der Waals surface area (Å²) in [4.78, 5) is 18.8. The van der Waals surface area contributed by atoms with Crippen LogP contribution >= 0.6 is 11.3 Å². The first-order valence-electron chi connectivity index (χ1n) is 7.92. The fourth-order valence-corrected chi connectivity index (χ4v) is 3.35. The molecule has 0 spiro atoms. The van der Waals surface area contributed by atoms with Crippen LogP contribution in [0.2, 0.25) is 0 Å². The number of nitrogens with zero attached hydrogens (tertiary/aromatic N) is 2. The molecule has 1 amide bonds. The number of rotatable bonds is 6. The number of carbonyl (C=O) groups excluding carboxylic acids is 1. The highest BCUT2D eigenvalue weighted by Gasteiger charge is 2.12. The zero-order chi connectivity index (χ0) is 16.1. The second kappa shape index (κ2) is 7.72. The van der Waals surface area contributed by atoms with Crippen LogP contribution in [0.5, 0.6) is 0 Å². The van der Waals surface area contributed by atoms with Gasteiger partial charge < -0.3 is 15.1 Å². The maximum Gasteiger partial charge on any atom is 0.226 e. The molecule has 6 nitrogen and oxygen atoms in total. The Labute approximate surface area is 139 Å². The molecule has 1 aliphatic heterocycles. The van der Waals surface area contributed by atoms with Gasteiger partial charge in [0.2, 0.25) is 5.91 Å². The van der Waals surface area contributed by atoms with Crippen LogP contribution in [0.15, 0.2) is 21.9 Å². The second-order valence-corrected chi connectivity index (χ2v) is 6.53. The van der Waals surface area contributed by atoms with Crippen LogP contribution in [0.4, 0.5) is 0 Å². The quantitative estimate of drug-likeness (QED) is 0.833. The van der Waals surface area contributed by atoms with Gasteiger partial charge in [-0.1, -0.05) is 0 Å². The van der Waals surface area contributed by atoms with E-state index >= 15 is 0 Å². The molecule has 0 radical (unpaired) electrons. The molecular formula is C16H22N4O2S. The van der Waals surface area contributed by atoms with E-state index in [4.69, 9.17) is 4.42 Å². The number of aryl methyl sites for hydroxylation is 1. The highest BCUT2D eigenvalue weighted by molar-refractivity contribution is 7.13. The molecule has 3 heterocycles. The van der Waals surface area contributed by atoms with Gasteiger partial charge in [0.1, 0.15) is 5.76 Å². The van der Waals surface area contributed by atoms with Crippen molar-refractivity contribution in [1.82, 2.24) is 20.5 Å². The van der Waals surface area contributed by atoms with E-state index in [2.05, 4.69) is 20.5 Å². The van der Waals surface area contributed by atoms with Gasteiger partial charge in [-0.25, -0.2) is 4.98 Å². The van der Waals surface area contributed by atoms with E-state index in [1.165, 1.54) is 11.3 Å². The average molecular weight is 334 g/mol. The second-order valence-electron chi connectivity index (χ2n) is 5.67. The predicted octanol–water partition coefficient (Wildman–Crippen LogP) is 1.28. The van der Waals surface area contributed by atoms with Crippen molar-refractivity contribution in [2.24, 2.45) is 0 Å². The van der Waals surface area contributed by atoms with Crippen molar-refractivity contribution in [1.29, 1.82) is 0 Å². The number of amides is 1.